The number of ether oxygens (including phenoxy) is 2. The smallest absolute Gasteiger partial charge is 0.179 e. The summed E-state index contributed by atoms with van der Waals surface area (Å²) in [7, 11) is 0. The summed E-state index contributed by atoms with van der Waals surface area (Å²) in [5.74, 6) is 1.13. The zero-order chi connectivity index (χ0) is 14.7. The van der Waals surface area contributed by atoms with E-state index >= 15 is 0 Å². The minimum absolute atomic E-state index is 0.456. The maximum absolute atomic E-state index is 9.41. The molecular formula is C16H13ClN2O2. The molecule has 106 valence electrons. The number of fused-ring (bicyclic) bond motifs is 1. The lowest BCUT2D eigenvalue weighted by molar-refractivity contribution is 0.171. The highest BCUT2D eigenvalue weighted by Gasteiger charge is 2.20. The Morgan fingerprint density at radius 1 is 1.14 bits per heavy atom. The lowest BCUT2D eigenvalue weighted by Crippen LogP contribution is -2.17. The molecule has 0 spiro atoms. The Balaban J connectivity index is 1.91. The van der Waals surface area contributed by atoms with Gasteiger partial charge in [-0.2, -0.15) is 5.26 Å². The van der Waals surface area contributed by atoms with E-state index in [4.69, 9.17) is 21.1 Å². The Morgan fingerprint density at radius 2 is 1.90 bits per heavy atom. The molecule has 0 saturated heterocycles. The van der Waals surface area contributed by atoms with Crippen LogP contribution in [-0.4, -0.2) is 13.2 Å². The van der Waals surface area contributed by atoms with Gasteiger partial charge in [0.1, 0.15) is 19.3 Å². The minimum atomic E-state index is -0.513. The average Bonchev–Trinajstić information content (AvgIpc) is 2.53. The predicted molar refractivity (Wildman–Crippen MR) is 80.9 cm³/mol. The van der Waals surface area contributed by atoms with Crippen LogP contribution >= 0.6 is 11.6 Å². The Hall–Kier alpha value is -2.38. The number of anilines is 1. The fourth-order valence-corrected chi connectivity index (χ4v) is 2.46. The largest absolute Gasteiger partial charge is 0.486 e. The molecule has 1 atom stereocenters. The maximum atomic E-state index is 9.41. The van der Waals surface area contributed by atoms with Gasteiger partial charge >= 0.3 is 0 Å². The van der Waals surface area contributed by atoms with Crippen molar-refractivity contribution >= 4 is 17.3 Å². The molecule has 1 aliphatic heterocycles. The van der Waals surface area contributed by atoms with E-state index in [2.05, 4.69) is 11.4 Å². The summed E-state index contributed by atoms with van der Waals surface area (Å²) in [5, 5.41) is 13.0. The molecule has 0 bridgehead atoms. The molecule has 3 rings (SSSR count). The lowest BCUT2D eigenvalue weighted by atomic mass is 10.1. The van der Waals surface area contributed by atoms with Gasteiger partial charge in [-0.15, -0.1) is 0 Å². The zero-order valence-corrected chi connectivity index (χ0v) is 11.9. The predicted octanol–water partition coefficient (Wildman–Crippen LogP) is 3.79. The van der Waals surface area contributed by atoms with Gasteiger partial charge in [-0.05, 0) is 29.8 Å². The van der Waals surface area contributed by atoms with Crippen molar-refractivity contribution < 1.29 is 9.47 Å². The Kier molecular flexibility index (Phi) is 3.85. The van der Waals surface area contributed by atoms with Gasteiger partial charge < -0.3 is 14.8 Å². The van der Waals surface area contributed by atoms with E-state index in [1.807, 2.05) is 30.3 Å². The van der Waals surface area contributed by atoms with E-state index in [9.17, 15) is 5.26 Å². The van der Waals surface area contributed by atoms with Gasteiger partial charge in [-0.3, -0.25) is 0 Å². The highest BCUT2D eigenvalue weighted by molar-refractivity contribution is 6.32. The van der Waals surface area contributed by atoms with Crippen molar-refractivity contribution in [3.05, 3.63) is 53.1 Å². The van der Waals surface area contributed by atoms with Gasteiger partial charge in [-0.25, -0.2) is 0 Å². The molecule has 0 aliphatic carbocycles. The fourth-order valence-electron chi connectivity index (χ4n) is 2.19. The van der Waals surface area contributed by atoms with E-state index in [0.29, 0.717) is 29.7 Å². The van der Waals surface area contributed by atoms with E-state index < -0.39 is 6.04 Å². The van der Waals surface area contributed by atoms with Crippen LogP contribution in [0.1, 0.15) is 11.6 Å². The first-order valence-corrected chi connectivity index (χ1v) is 6.96. The number of hydrogen-bond acceptors (Lipinski definition) is 4. The molecule has 5 heteroatoms. The SMILES string of the molecule is N#CC(Nc1ccccc1)c1cc(Cl)c2c(c1)OCCO2. The van der Waals surface area contributed by atoms with Crippen molar-refractivity contribution in [1.29, 1.82) is 5.26 Å². The molecule has 4 nitrogen and oxygen atoms in total. The van der Waals surface area contributed by atoms with Gasteiger partial charge in [0.15, 0.2) is 11.5 Å². The number of hydrogen-bond donors (Lipinski definition) is 1. The molecule has 0 saturated carbocycles. The molecule has 1 N–H and O–H groups in total. The van der Waals surface area contributed by atoms with Crippen molar-refractivity contribution in [3.8, 4) is 17.6 Å². The first kappa shape index (κ1) is 13.6. The van der Waals surface area contributed by atoms with Crippen molar-refractivity contribution in [2.45, 2.75) is 6.04 Å². The van der Waals surface area contributed by atoms with Gasteiger partial charge in [-0.1, -0.05) is 29.8 Å². The van der Waals surface area contributed by atoms with Crippen molar-refractivity contribution in [3.63, 3.8) is 0 Å². The molecule has 0 aromatic heterocycles. The number of nitriles is 1. The van der Waals surface area contributed by atoms with Gasteiger partial charge in [0.05, 0.1) is 11.1 Å². The molecule has 0 amide bonds. The monoisotopic (exact) mass is 300 g/mol. The van der Waals surface area contributed by atoms with E-state index in [-0.39, 0.29) is 0 Å². The zero-order valence-electron chi connectivity index (χ0n) is 11.2. The number of para-hydroxylation sites is 1. The van der Waals surface area contributed by atoms with Crippen LogP contribution in [0.3, 0.4) is 0 Å². The minimum Gasteiger partial charge on any atom is -0.486 e. The molecule has 21 heavy (non-hydrogen) atoms. The van der Waals surface area contributed by atoms with Crippen LogP contribution in [-0.2, 0) is 0 Å². The summed E-state index contributed by atoms with van der Waals surface area (Å²) < 4.78 is 11.0. The lowest BCUT2D eigenvalue weighted by Gasteiger charge is -2.22. The number of nitrogens with one attached hydrogen (secondary N) is 1. The first-order valence-electron chi connectivity index (χ1n) is 6.58. The highest BCUT2D eigenvalue weighted by atomic mass is 35.5. The molecule has 1 heterocycles. The Labute approximate surface area is 127 Å². The quantitative estimate of drug-likeness (QED) is 0.937. The van der Waals surface area contributed by atoms with Gasteiger partial charge in [0, 0.05) is 5.69 Å². The topological polar surface area (TPSA) is 54.3 Å². The van der Waals surface area contributed by atoms with Gasteiger partial charge in [0.2, 0.25) is 0 Å². The third-order valence-corrected chi connectivity index (χ3v) is 3.45. The van der Waals surface area contributed by atoms with Crippen LogP contribution in [0.4, 0.5) is 5.69 Å². The summed E-state index contributed by atoms with van der Waals surface area (Å²) in [6.45, 7) is 0.964. The first-order chi connectivity index (χ1) is 10.3. The Morgan fingerprint density at radius 3 is 2.67 bits per heavy atom. The normalized spacial score (nSPS) is 14.1. The number of halogens is 1. The molecule has 2 aromatic carbocycles. The maximum Gasteiger partial charge on any atom is 0.179 e. The van der Waals surface area contributed by atoms with Gasteiger partial charge in [0.25, 0.3) is 0 Å². The molecule has 1 unspecified atom stereocenters. The van der Waals surface area contributed by atoms with Crippen LogP contribution in [0, 0.1) is 11.3 Å². The summed E-state index contributed by atoms with van der Waals surface area (Å²) in [6.07, 6.45) is 0. The molecular weight excluding hydrogens is 288 g/mol. The van der Waals surface area contributed by atoms with E-state index in [1.54, 1.807) is 12.1 Å². The average molecular weight is 301 g/mol. The van der Waals surface area contributed by atoms with Crippen LogP contribution in [0.5, 0.6) is 11.5 Å². The second-order valence-corrected chi connectivity index (χ2v) is 5.01. The van der Waals surface area contributed by atoms with Crippen LogP contribution in [0.2, 0.25) is 5.02 Å². The van der Waals surface area contributed by atoms with E-state index in [0.717, 1.165) is 11.3 Å². The van der Waals surface area contributed by atoms with Crippen molar-refractivity contribution in [1.82, 2.24) is 0 Å². The third kappa shape index (κ3) is 2.88. The number of rotatable bonds is 3. The Bertz CT molecular complexity index is 683. The fraction of sp³-hybridized carbons (Fsp3) is 0.188. The summed E-state index contributed by atoms with van der Waals surface area (Å²) in [4.78, 5) is 0. The number of benzene rings is 2. The second-order valence-electron chi connectivity index (χ2n) is 4.60. The summed E-state index contributed by atoms with van der Waals surface area (Å²) >= 11 is 6.21. The molecule has 0 radical (unpaired) electrons. The standard InChI is InChI=1S/C16H13ClN2O2/c17-13-8-11(9-15-16(13)21-7-6-20-15)14(10-18)19-12-4-2-1-3-5-12/h1-5,8-9,14,19H,6-7H2. The van der Waals surface area contributed by atoms with Crippen LogP contribution in [0.15, 0.2) is 42.5 Å². The van der Waals surface area contributed by atoms with Crippen molar-refractivity contribution in [2.24, 2.45) is 0 Å². The summed E-state index contributed by atoms with van der Waals surface area (Å²) in [5.41, 5.74) is 1.62. The molecule has 2 aromatic rings. The molecule has 1 aliphatic rings. The van der Waals surface area contributed by atoms with Crippen molar-refractivity contribution in [2.75, 3.05) is 18.5 Å². The summed E-state index contributed by atoms with van der Waals surface area (Å²) in [6, 6.07) is 14.8. The van der Waals surface area contributed by atoms with Crippen LogP contribution < -0.4 is 14.8 Å². The van der Waals surface area contributed by atoms with Crippen LogP contribution in [0.25, 0.3) is 0 Å². The highest BCUT2D eigenvalue weighted by Crippen LogP contribution is 2.40. The van der Waals surface area contributed by atoms with E-state index in [1.165, 1.54) is 0 Å². The third-order valence-electron chi connectivity index (χ3n) is 3.17. The second kappa shape index (κ2) is 5.94. The number of nitrogens with zero attached hydrogens (tertiary/aromatic N) is 1. The molecule has 0 fully saturated rings.